The predicted molar refractivity (Wildman–Crippen MR) is 114 cm³/mol. The van der Waals surface area contributed by atoms with E-state index < -0.39 is 0 Å². The van der Waals surface area contributed by atoms with Gasteiger partial charge in [0.15, 0.2) is 10.3 Å². The maximum absolute atomic E-state index is 12.3. The lowest BCUT2D eigenvalue weighted by Gasteiger charge is -2.25. The third-order valence-electron chi connectivity index (χ3n) is 4.24. The van der Waals surface area contributed by atoms with E-state index in [1.165, 1.54) is 11.8 Å². The lowest BCUT2D eigenvalue weighted by Crippen LogP contribution is -2.36. The van der Waals surface area contributed by atoms with Crippen LogP contribution in [0, 0.1) is 13.8 Å². The molecule has 1 aliphatic rings. The number of anilines is 2. The maximum Gasteiger partial charge on any atom is 0.234 e. The first-order valence-electron chi connectivity index (χ1n) is 9.05. The van der Waals surface area contributed by atoms with E-state index >= 15 is 0 Å². The number of carbonyl (C=O) groups excluding carboxylic acids is 1. The van der Waals surface area contributed by atoms with Gasteiger partial charge >= 0.3 is 0 Å². The summed E-state index contributed by atoms with van der Waals surface area (Å²) >= 11 is 2.98. The van der Waals surface area contributed by atoms with Crippen LogP contribution in [0.1, 0.15) is 11.4 Å². The van der Waals surface area contributed by atoms with Crippen LogP contribution in [0.15, 0.2) is 29.4 Å². The number of carbonyl (C=O) groups is 1. The molecule has 9 heteroatoms. The van der Waals surface area contributed by atoms with Crippen LogP contribution >= 0.6 is 23.1 Å². The second-order valence-electron chi connectivity index (χ2n) is 6.55. The summed E-state index contributed by atoms with van der Waals surface area (Å²) in [6.07, 6.45) is 0. The number of ether oxygens (including phenoxy) is 1. The van der Waals surface area contributed by atoms with Gasteiger partial charge in [0, 0.05) is 30.2 Å². The zero-order valence-corrected chi connectivity index (χ0v) is 17.4. The monoisotopic (exact) mass is 415 g/mol. The third kappa shape index (κ3) is 4.60. The molecule has 146 valence electrons. The van der Waals surface area contributed by atoms with Crippen molar-refractivity contribution in [2.75, 3.05) is 42.3 Å². The minimum Gasteiger partial charge on any atom is -0.378 e. The van der Waals surface area contributed by atoms with Crippen LogP contribution in [0.4, 0.5) is 10.8 Å². The molecule has 2 aromatic heterocycles. The minimum atomic E-state index is -0.0787. The van der Waals surface area contributed by atoms with Gasteiger partial charge in [0.1, 0.15) is 0 Å². The first kappa shape index (κ1) is 19.1. The van der Waals surface area contributed by atoms with E-state index in [1.54, 1.807) is 11.3 Å². The zero-order valence-electron chi connectivity index (χ0n) is 15.8. The van der Waals surface area contributed by atoms with E-state index in [-0.39, 0.29) is 11.7 Å². The van der Waals surface area contributed by atoms with Crippen LogP contribution in [0.2, 0.25) is 0 Å². The Labute approximate surface area is 171 Å². The third-order valence-corrected chi connectivity index (χ3v) is 6.16. The Morgan fingerprint density at radius 1 is 1.18 bits per heavy atom. The maximum atomic E-state index is 12.3. The van der Waals surface area contributed by atoms with E-state index in [0.29, 0.717) is 5.16 Å². The number of aryl methyl sites for hydroxylation is 2. The molecule has 1 N–H and O–H groups in total. The number of nitrogens with one attached hydrogen (secondary N) is 1. The van der Waals surface area contributed by atoms with E-state index in [1.807, 2.05) is 38.1 Å². The number of amides is 1. The predicted octanol–water partition coefficient (Wildman–Crippen LogP) is 3.27. The van der Waals surface area contributed by atoms with Crippen LogP contribution in [-0.2, 0) is 9.53 Å². The average molecular weight is 416 g/mol. The Morgan fingerprint density at radius 2 is 1.93 bits per heavy atom. The molecule has 0 saturated carbocycles. The molecule has 1 saturated heterocycles. The largest absolute Gasteiger partial charge is 0.378 e. The first-order chi connectivity index (χ1) is 13.6. The fraction of sp³-hybridized carbons (Fsp3) is 0.368. The van der Waals surface area contributed by atoms with E-state index in [0.717, 1.165) is 58.7 Å². The summed E-state index contributed by atoms with van der Waals surface area (Å²) in [5.41, 5.74) is 3.53. The van der Waals surface area contributed by atoms with Crippen LogP contribution < -0.4 is 10.2 Å². The van der Waals surface area contributed by atoms with Crippen LogP contribution in [0.25, 0.3) is 10.2 Å². The van der Waals surface area contributed by atoms with E-state index in [2.05, 4.69) is 20.2 Å². The molecule has 0 spiro atoms. The average Bonchev–Trinajstić information content (AvgIpc) is 3.10. The number of nitrogens with zero attached hydrogens (tertiary/aromatic N) is 4. The van der Waals surface area contributed by atoms with Crippen molar-refractivity contribution in [2.45, 2.75) is 19.0 Å². The van der Waals surface area contributed by atoms with Gasteiger partial charge in [-0.2, -0.15) is 0 Å². The number of morpholine rings is 1. The highest BCUT2D eigenvalue weighted by Gasteiger charge is 2.16. The van der Waals surface area contributed by atoms with Gasteiger partial charge in [0.2, 0.25) is 5.91 Å². The van der Waals surface area contributed by atoms with Crippen LogP contribution in [0.5, 0.6) is 0 Å². The number of benzene rings is 1. The Morgan fingerprint density at radius 3 is 2.68 bits per heavy atom. The van der Waals surface area contributed by atoms with Crippen molar-refractivity contribution in [2.24, 2.45) is 0 Å². The molecule has 1 aromatic carbocycles. The fourth-order valence-electron chi connectivity index (χ4n) is 2.97. The Balaban J connectivity index is 1.40. The molecular formula is C19H21N5O2S2. The second kappa shape index (κ2) is 8.42. The van der Waals surface area contributed by atoms with Gasteiger partial charge in [0.25, 0.3) is 0 Å². The molecule has 0 unspecified atom stereocenters. The number of fused-ring (bicyclic) bond motifs is 1. The number of hydrogen-bond donors (Lipinski definition) is 1. The normalized spacial score (nSPS) is 14.4. The van der Waals surface area contributed by atoms with Crippen molar-refractivity contribution in [1.82, 2.24) is 15.0 Å². The van der Waals surface area contributed by atoms with Crippen LogP contribution in [-0.4, -0.2) is 52.9 Å². The standard InChI is InChI=1S/C19H21N5O2S2/c1-12-9-13(2)21-18(20-12)27-11-17(25)22-14-3-4-15-16(10-14)28-19(23-15)24-5-7-26-8-6-24/h3-4,9-10H,5-8,11H2,1-2H3,(H,22,25). The minimum absolute atomic E-state index is 0.0787. The quantitative estimate of drug-likeness (QED) is 0.506. The van der Waals surface area contributed by atoms with Crippen molar-refractivity contribution < 1.29 is 9.53 Å². The smallest absolute Gasteiger partial charge is 0.234 e. The molecule has 1 fully saturated rings. The van der Waals surface area contributed by atoms with Crippen LogP contribution in [0.3, 0.4) is 0 Å². The fourth-order valence-corrected chi connectivity index (χ4v) is 4.77. The summed E-state index contributed by atoms with van der Waals surface area (Å²) in [4.78, 5) is 28.0. The summed E-state index contributed by atoms with van der Waals surface area (Å²) in [7, 11) is 0. The van der Waals surface area contributed by atoms with Crippen molar-refractivity contribution >= 4 is 50.0 Å². The highest BCUT2D eigenvalue weighted by molar-refractivity contribution is 7.99. The number of rotatable bonds is 5. The van der Waals surface area contributed by atoms with Crippen molar-refractivity contribution in [1.29, 1.82) is 0 Å². The SMILES string of the molecule is Cc1cc(C)nc(SCC(=O)Nc2ccc3nc(N4CCOCC4)sc3c2)n1. The molecule has 0 bridgehead atoms. The van der Waals surface area contributed by atoms with Crippen molar-refractivity contribution in [3.8, 4) is 0 Å². The van der Waals surface area contributed by atoms with Gasteiger partial charge < -0.3 is 15.0 Å². The van der Waals surface area contributed by atoms with Gasteiger partial charge in [-0.15, -0.1) is 0 Å². The molecule has 0 atom stereocenters. The molecule has 1 amide bonds. The molecule has 3 aromatic rings. The van der Waals surface area contributed by atoms with Crippen molar-refractivity contribution in [3.63, 3.8) is 0 Å². The Kier molecular flexibility index (Phi) is 5.74. The van der Waals surface area contributed by atoms with Gasteiger partial charge in [-0.1, -0.05) is 23.1 Å². The Hall–Kier alpha value is -2.23. The lowest BCUT2D eigenvalue weighted by molar-refractivity contribution is -0.113. The first-order valence-corrected chi connectivity index (χ1v) is 10.9. The molecule has 4 rings (SSSR count). The second-order valence-corrected chi connectivity index (χ2v) is 8.50. The van der Waals surface area contributed by atoms with E-state index in [4.69, 9.17) is 9.72 Å². The van der Waals surface area contributed by atoms with Gasteiger partial charge in [-0.3, -0.25) is 4.79 Å². The number of aromatic nitrogens is 3. The summed E-state index contributed by atoms with van der Waals surface area (Å²) in [5, 5.41) is 4.58. The summed E-state index contributed by atoms with van der Waals surface area (Å²) in [5.74, 6) is 0.188. The highest BCUT2D eigenvalue weighted by Crippen LogP contribution is 2.31. The molecule has 3 heterocycles. The molecule has 1 aliphatic heterocycles. The topological polar surface area (TPSA) is 80.2 Å². The molecular weight excluding hydrogens is 394 g/mol. The summed E-state index contributed by atoms with van der Waals surface area (Å²) in [6, 6.07) is 7.74. The molecule has 7 nitrogen and oxygen atoms in total. The lowest BCUT2D eigenvalue weighted by atomic mass is 10.3. The molecule has 0 aliphatic carbocycles. The molecule has 28 heavy (non-hydrogen) atoms. The number of hydrogen-bond acceptors (Lipinski definition) is 8. The zero-order chi connectivity index (χ0) is 19.5. The van der Waals surface area contributed by atoms with E-state index in [9.17, 15) is 4.79 Å². The Bertz CT molecular complexity index is 981. The number of thiazole rings is 1. The molecule has 0 radical (unpaired) electrons. The van der Waals surface area contributed by atoms with Crippen molar-refractivity contribution in [3.05, 3.63) is 35.7 Å². The van der Waals surface area contributed by atoms with Gasteiger partial charge in [0.05, 0.1) is 29.2 Å². The highest BCUT2D eigenvalue weighted by atomic mass is 32.2. The van der Waals surface area contributed by atoms with Gasteiger partial charge in [-0.25, -0.2) is 15.0 Å². The van der Waals surface area contributed by atoms with Gasteiger partial charge in [-0.05, 0) is 38.1 Å². The number of thioether (sulfide) groups is 1. The summed E-state index contributed by atoms with van der Waals surface area (Å²) in [6.45, 7) is 7.04. The summed E-state index contributed by atoms with van der Waals surface area (Å²) < 4.78 is 6.46.